The molecule has 92 valence electrons. The van der Waals surface area contributed by atoms with Gasteiger partial charge in [0.25, 0.3) is 6.29 Å². The molecule has 0 unspecified atom stereocenters. The maximum absolute atomic E-state index is 10.9. The highest BCUT2D eigenvalue weighted by molar-refractivity contribution is 5.68. The summed E-state index contributed by atoms with van der Waals surface area (Å²) in [6.45, 7) is 8.48. The maximum atomic E-state index is 10.9. The van der Waals surface area contributed by atoms with E-state index in [1.807, 2.05) is 26.8 Å². The quantitative estimate of drug-likeness (QED) is 0.412. The first-order chi connectivity index (χ1) is 7.38. The number of carbonyl (C=O) groups is 2. The van der Waals surface area contributed by atoms with E-state index in [0.717, 1.165) is 12.0 Å². The van der Waals surface area contributed by atoms with Crippen LogP contribution in [0.5, 0.6) is 0 Å². The van der Waals surface area contributed by atoms with Crippen molar-refractivity contribution in [1.82, 2.24) is 0 Å². The number of hydrogen-bond donors (Lipinski definition) is 0. The third kappa shape index (κ3) is 5.53. The van der Waals surface area contributed by atoms with Gasteiger partial charge in [0.2, 0.25) is 0 Å². The van der Waals surface area contributed by atoms with Gasteiger partial charge < -0.3 is 9.47 Å². The Balaban J connectivity index is 4.88. The maximum Gasteiger partial charge on any atom is 0.305 e. The van der Waals surface area contributed by atoms with Crippen molar-refractivity contribution < 1.29 is 19.1 Å². The number of esters is 2. The Morgan fingerprint density at radius 1 is 1.12 bits per heavy atom. The average molecular weight is 228 g/mol. The molecule has 4 heteroatoms. The molecular formula is C12H20O4. The van der Waals surface area contributed by atoms with Gasteiger partial charge in [0.05, 0.1) is 0 Å². The molecule has 0 aliphatic heterocycles. The number of rotatable bonds is 5. The predicted molar refractivity (Wildman–Crippen MR) is 60.5 cm³/mol. The van der Waals surface area contributed by atoms with Crippen LogP contribution in [-0.2, 0) is 19.1 Å². The lowest BCUT2D eigenvalue weighted by Gasteiger charge is -2.22. The van der Waals surface area contributed by atoms with Gasteiger partial charge in [-0.05, 0) is 12.3 Å². The summed E-state index contributed by atoms with van der Waals surface area (Å²) < 4.78 is 9.97. The smallest absolute Gasteiger partial charge is 0.305 e. The monoisotopic (exact) mass is 228 g/mol. The molecule has 0 aromatic rings. The van der Waals surface area contributed by atoms with Crippen LogP contribution in [0.2, 0.25) is 0 Å². The molecule has 0 fully saturated rings. The Kier molecular flexibility index (Phi) is 6.46. The van der Waals surface area contributed by atoms with E-state index in [2.05, 4.69) is 0 Å². The van der Waals surface area contributed by atoms with Crippen LogP contribution in [0, 0.1) is 5.92 Å². The number of allylic oxidation sites excluding steroid dienone is 1. The highest BCUT2D eigenvalue weighted by Gasteiger charge is 2.22. The van der Waals surface area contributed by atoms with Crippen LogP contribution in [0.3, 0.4) is 0 Å². The van der Waals surface area contributed by atoms with E-state index in [1.165, 1.54) is 13.8 Å². The molecule has 0 radical (unpaired) electrons. The zero-order chi connectivity index (χ0) is 12.7. The van der Waals surface area contributed by atoms with Gasteiger partial charge in [-0.25, -0.2) is 0 Å². The first kappa shape index (κ1) is 14.7. The summed E-state index contributed by atoms with van der Waals surface area (Å²) >= 11 is 0. The fourth-order valence-corrected chi connectivity index (χ4v) is 1.30. The molecule has 4 nitrogen and oxygen atoms in total. The molecule has 0 aliphatic rings. The fourth-order valence-electron chi connectivity index (χ4n) is 1.30. The van der Waals surface area contributed by atoms with Crippen LogP contribution in [0.1, 0.15) is 41.0 Å². The fraction of sp³-hybridized carbons (Fsp3) is 0.667. The SMILES string of the molecule is CCC=C(C(C)C)C(OC(C)=O)OC(C)=O. The van der Waals surface area contributed by atoms with E-state index in [4.69, 9.17) is 9.47 Å². The minimum Gasteiger partial charge on any atom is -0.421 e. The van der Waals surface area contributed by atoms with Gasteiger partial charge in [-0.3, -0.25) is 9.59 Å². The molecule has 0 N–H and O–H groups in total. The van der Waals surface area contributed by atoms with Gasteiger partial charge >= 0.3 is 11.9 Å². The first-order valence-electron chi connectivity index (χ1n) is 5.42. The van der Waals surface area contributed by atoms with E-state index in [-0.39, 0.29) is 5.92 Å². The second-order valence-corrected chi connectivity index (χ2v) is 3.82. The van der Waals surface area contributed by atoms with Crippen LogP contribution >= 0.6 is 0 Å². The minimum atomic E-state index is -0.894. The van der Waals surface area contributed by atoms with Crippen molar-refractivity contribution in [2.24, 2.45) is 5.92 Å². The molecule has 16 heavy (non-hydrogen) atoms. The third-order valence-electron chi connectivity index (χ3n) is 1.92. The molecule has 0 bridgehead atoms. The van der Waals surface area contributed by atoms with Crippen LogP contribution in [0.15, 0.2) is 11.6 Å². The molecule has 0 atom stereocenters. The lowest BCUT2D eigenvalue weighted by atomic mass is 10.0. The largest absolute Gasteiger partial charge is 0.421 e. The summed E-state index contributed by atoms with van der Waals surface area (Å²) in [4.78, 5) is 21.9. The Morgan fingerprint density at radius 3 is 1.81 bits per heavy atom. The summed E-state index contributed by atoms with van der Waals surface area (Å²) in [7, 11) is 0. The van der Waals surface area contributed by atoms with E-state index in [0.29, 0.717) is 0 Å². The average Bonchev–Trinajstić information content (AvgIpc) is 2.10. The summed E-state index contributed by atoms with van der Waals surface area (Å²) in [6, 6.07) is 0. The second kappa shape index (κ2) is 7.04. The standard InChI is InChI=1S/C12H20O4/c1-6-7-11(8(2)3)12(15-9(4)13)16-10(5)14/h7-8,12H,6H2,1-5H3. The van der Waals surface area contributed by atoms with Crippen molar-refractivity contribution in [2.75, 3.05) is 0 Å². The Labute approximate surface area is 96.6 Å². The van der Waals surface area contributed by atoms with Gasteiger partial charge in [-0.1, -0.05) is 26.8 Å². The van der Waals surface area contributed by atoms with Crippen molar-refractivity contribution in [3.05, 3.63) is 11.6 Å². The molecule has 0 aromatic heterocycles. The van der Waals surface area contributed by atoms with Gasteiger partial charge in [-0.15, -0.1) is 0 Å². The van der Waals surface area contributed by atoms with Crippen molar-refractivity contribution in [2.45, 2.75) is 47.3 Å². The van der Waals surface area contributed by atoms with Crippen LogP contribution in [0.25, 0.3) is 0 Å². The Morgan fingerprint density at radius 2 is 1.56 bits per heavy atom. The highest BCUT2D eigenvalue weighted by atomic mass is 16.7. The highest BCUT2D eigenvalue weighted by Crippen LogP contribution is 2.19. The molecule has 0 spiro atoms. The van der Waals surface area contributed by atoms with Crippen LogP contribution < -0.4 is 0 Å². The van der Waals surface area contributed by atoms with E-state index < -0.39 is 18.2 Å². The summed E-state index contributed by atoms with van der Waals surface area (Å²) in [6.07, 6.45) is 1.82. The van der Waals surface area contributed by atoms with Crippen LogP contribution in [-0.4, -0.2) is 18.2 Å². The number of ether oxygens (including phenoxy) is 2. The molecule has 0 amide bonds. The van der Waals surface area contributed by atoms with Gasteiger partial charge in [0.15, 0.2) is 0 Å². The lowest BCUT2D eigenvalue weighted by molar-refractivity contribution is -0.178. The summed E-state index contributed by atoms with van der Waals surface area (Å²) in [5.74, 6) is -0.772. The third-order valence-corrected chi connectivity index (χ3v) is 1.92. The second-order valence-electron chi connectivity index (χ2n) is 3.82. The Hall–Kier alpha value is -1.32. The minimum absolute atomic E-state index is 0.156. The summed E-state index contributed by atoms with van der Waals surface area (Å²) in [5, 5.41) is 0. The Bertz CT molecular complexity index is 263. The molecule has 0 aromatic carbocycles. The lowest BCUT2D eigenvalue weighted by Crippen LogP contribution is -2.27. The first-order valence-corrected chi connectivity index (χ1v) is 5.42. The van der Waals surface area contributed by atoms with Gasteiger partial charge in [0, 0.05) is 19.4 Å². The van der Waals surface area contributed by atoms with Gasteiger partial charge in [0.1, 0.15) is 0 Å². The molecule has 0 saturated carbocycles. The van der Waals surface area contributed by atoms with Crippen molar-refractivity contribution >= 4 is 11.9 Å². The predicted octanol–water partition coefficient (Wildman–Crippen LogP) is 2.43. The van der Waals surface area contributed by atoms with Crippen molar-refractivity contribution in [3.63, 3.8) is 0 Å². The van der Waals surface area contributed by atoms with E-state index in [1.54, 1.807) is 0 Å². The van der Waals surface area contributed by atoms with Gasteiger partial charge in [-0.2, -0.15) is 0 Å². The van der Waals surface area contributed by atoms with Crippen LogP contribution in [0.4, 0.5) is 0 Å². The van der Waals surface area contributed by atoms with E-state index >= 15 is 0 Å². The van der Waals surface area contributed by atoms with Crippen molar-refractivity contribution in [3.8, 4) is 0 Å². The molecule has 0 saturated heterocycles. The zero-order valence-electron chi connectivity index (χ0n) is 10.6. The molecule has 0 rings (SSSR count). The molecule has 0 aliphatic carbocycles. The number of carbonyl (C=O) groups excluding carboxylic acids is 2. The molecular weight excluding hydrogens is 208 g/mol. The normalized spacial score (nSPS) is 11.8. The van der Waals surface area contributed by atoms with Crippen molar-refractivity contribution in [1.29, 1.82) is 0 Å². The molecule has 0 heterocycles. The topological polar surface area (TPSA) is 52.6 Å². The number of hydrogen-bond acceptors (Lipinski definition) is 4. The summed E-state index contributed by atoms with van der Waals surface area (Å²) in [5.41, 5.74) is 0.813. The van der Waals surface area contributed by atoms with E-state index in [9.17, 15) is 9.59 Å². The zero-order valence-corrected chi connectivity index (χ0v) is 10.6.